The molecule has 28 heavy (non-hydrogen) atoms. The molecule has 0 aliphatic heterocycles. The van der Waals surface area contributed by atoms with E-state index in [4.69, 9.17) is 9.40 Å². The molecule has 2 aromatic carbocycles. The number of nitrogens with zero attached hydrogens (tertiary/aromatic N) is 2. The molecule has 2 heterocycles. The first-order chi connectivity index (χ1) is 13.8. The van der Waals surface area contributed by atoms with Gasteiger partial charge < -0.3 is 15.1 Å². The van der Waals surface area contributed by atoms with Crippen LogP contribution in [0.25, 0.3) is 11.4 Å². The minimum atomic E-state index is 0.123. The molecule has 0 radical (unpaired) electrons. The number of benzene rings is 2. The zero-order valence-electron chi connectivity index (χ0n) is 15.7. The normalized spacial score (nSPS) is 11.8. The van der Waals surface area contributed by atoms with Crippen LogP contribution in [0.4, 0.5) is 11.6 Å². The van der Waals surface area contributed by atoms with Gasteiger partial charge in [-0.25, -0.2) is 9.97 Å². The minimum Gasteiger partial charge on any atom is -0.467 e. The topological polar surface area (TPSA) is 63.0 Å². The highest BCUT2D eigenvalue weighted by Crippen LogP contribution is 2.24. The molecular weight excluding hydrogens is 348 g/mol. The fourth-order valence-electron chi connectivity index (χ4n) is 2.97. The summed E-state index contributed by atoms with van der Waals surface area (Å²) in [5.74, 6) is 3.04. The fourth-order valence-corrected chi connectivity index (χ4v) is 2.97. The van der Waals surface area contributed by atoms with Gasteiger partial charge in [0.15, 0.2) is 5.82 Å². The number of aromatic nitrogens is 2. The lowest BCUT2D eigenvalue weighted by atomic mass is 10.1. The van der Waals surface area contributed by atoms with Crippen molar-refractivity contribution in [3.63, 3.8) is 0 Å². The summed E-state index contributed by atoms with van der Waals surface area (Å²) in [6.07, 6.45) is 1.67. The lowest BCUT2D eigenvalue weighted by Gasteiger charge is -2.16. The Morgan fingerprint density at radius 2 is 1.57 bits per heavy atom. The Hall–Kier alpha value is -3.60. The average Bonchev–Trinajstić information content (AvgIpc) is 3.27. The van der Waals surface area contributed by atoms with E-state index in [2.05, 4.69) is 34.7 Å². The molecule has 4 aromatic rings. The number of rotatable bonds is 7. The van der Waals surface area contributed by atoms with Gasteiger partial charge in [0.05, 0.1) is 12.8 Å². The van der Waals surface area contributed by atoms with Crippen molar-refractivity contribution in [3.05, 3.63) is 96.4 Å². The number of anilines is 2. The molecule has 0 aliphatic rings. The van der Waals surface area contributed by atoms with Crippen LogP contribution in [0, 0.1) is 0 Å². The SMILES string of the molecule is CC(Nc1cc(NCc2ccco2)nc(-c2ccccc2)n1)c1ccccc1. The van der Waals surface area contributed by atoms with Crippen molar-refractivity contribution in [2.24, 2.45) is 0 Å². The van der Waals surface area contributed by atoms with E-state index in [1.807, 2.05) is 66.7 Å². The Morgan fingerprint density at radius 1 is 0.857 bits per heavy atom. The molecule has 2 N–H and O–H groups in total. The van der Waals surface area contributed by atoms with Crippen LogP contribution in [0.2, 0.25) is 0 Å². The smallest absolute Gasteiger partial charge is 0.163 e. The third-order valence-corrected chi connectivity index (χ3v) is 4.45. The molecule has 0 amide bonds. The number of nitrogens with one attached hydrogen (secondary N) is 2. The van der Waals surface area contributed by atoms with Crippen LogP contribution in [0.3, 0.4) is 0 Å². The first-order valence-electron chi connectivity index (χ1n) is 9.30. The van der Waals surface area contributed by atoms with Crippen LogP contribution in [0.5, 0.6) is 0 Å². The molecule has 5 heteroatoms. The monoisotopic (exact) mass is 370 g/mol. The van der Waals surface area contributed by atoms with Crippen molar-refractivity contribution in [2.45, 2.75) is 19.5 Å². The van der Waals surface area contributed by atoms with E-state index >= 15 is 0 Å². The first kappa shape index (κ1) is 17.8. The molecule has 2 aromatic heterocycles. The van der Waals surface area contributed by atoms with Crippen molar-refractivity contribution >= 4 is 11.6 Å². The molecular formula is C23H22N4O. The summed E-state index contributed by atoms with van der Waals surface area (Å²) in [6.45, 7) is 2.68. The number of hydrogen-bond acceptors (Lipinski definition) is 5. The minimum absolute atomic E-state index is 0.123. The van der Waals surface area contributed by atoms with Gasteiger partial charge in [0.2, 0.25) is 0 Å². The summed E-state index contributed by atoms with van der Waals surface area (Å²) in [4.78, 5) is 9.41. The molecule has 4 rings (SSSR count). The summed E-state index contributed by atoms with van der Waals surface area (Å²) in [5.41, 5.74) is 2.17. The summed E-state index contributed by atoms with van der Waals surface area (Å²) in [5, 5.41) is 6.81. The van der Waals surface area contributed by atoms with Crippen LogP contribution in [-0.4, -0.2) is 9.97 Å². The third kappa shape index (κ3) is 4.38. The first-order valence-corrected chi connectivity index (χ1v) is 9.30. The Balaban J connectivity index is 1.61. The average molecular weight is 370 g/mol. The second kappa shape index (κ2) is 8.39. The Kier molecular flexibility index (Phi) is 5.33. The van der Waals surface area contributed by atoms with Crippen LogP contribution >= 0.6 is 0 Å². The summed E-state index contributed by atoms with van der Waals surface area (Å²) >= 11 is 0. The van der Waals surface area contributed by atoms with E-state index in [-0.39, 0.29) is 6.04 Å². The van der Waals surface area contributed by atoms with Crippen molar-refractivity contribution < 1.29 is 4.42 Å². The van der Waals surface area contributed by atoms with Crippen molar-refractivity contribution in [1.82, 2.24) is 9.97 Å². The Morgan fingerprint density at radius 3 is 2.29 bits per heavy atom. The van der Waals surface area contributed by atoms with Crippen LogP contribution in [-0.2, 0) is 6.54 Å². The van der Waals surface area contributed by atoms with Crippen molar-refractivity contribution in [2.75, 3.05) is 10.6 Å². The lowest BCUT2D eigenvalue weighted by Crippen LogP contribution is -2.10. The van der Waals surface area contributed by atoms with Crippen LogP contribution < -0.4 is 10.6 Å². The third-order valence-electron chi connectivity index (χ3n) is 4.45. The van der Waals surface area contributed by atoms with E-state index in [0.29, 0.717) is 12.4 Å². The van der Waals surface area contributed by atoms with Gasteiger partial charge in [0, 0.05) is 17.7 Å². The zero-order chi connectivity index (χ0) is 19.2. The molecule has 0 fully saturated rings. The van der Waals surface area contributed by atoms with E-state index in [0.717, 1.165) is 23.0 Å². The lowest BCUT2D eigenvalue weighted by molar-refractivity contribution is 0.518. The Bertz CT molecular complexity index is 1000. The highest BCUT2D eigenvalue weighted by atomic mass is 16.3. The van der Waals surface area contributed by atoms with Gasteiger partial charge in [-0.05, 0) is 24.6 Å². The molecule has 0 bridgehead atoms. The van der Waals surface area contributed by atoms with Gasteiger partial charge >= 0.3 is 0 Å². The van der Waals surface area contributed by atoms with Crippen molar-refractivity contribution in [1.29, 1.82) is 0 Å². The van der Waals surface area contributed by atoms with Crippen LogP contribution in [0.1, 0.15) is 24.3 Å². The summed E-state index contributed by atoms with van der Waals surface area (Å²) in [7, 11) is 0. The van der Waals surface area contributed by atoms with E-state index in [1.54, 1.807) is 6.26 Å². The standard InChI is InChI=1S/C23H22N4O/c1-17(18-9-4-2-5-10-18)25-22-15-21(24-16-20-13-8-14-28-20)26-23(27-22)19-11-6-3-7-12-19/h2-15,17H,16H2,1H3,(H2,24,25,26,27). The number of furan rings is 1. The van der Waals surface area contributed by atoms with Gasteiger partial charge in [-0.3, -0.25) is 0 Å². The molecule has 0 spiro atoms. The van der Waals surface area contributed by atoms with Gasteiger partial charge in [-0.15, -0.1) is 0 Å². The summed E-state index contributed by atoms with van der Waals surface area (Å²) in [6, 6.07) is 26.1. The molecule has 0 saturated heterocycles. The fraction of sp³-hybridized carbons (Fsp3) is 0.130. The quantitative estimate of drug-likeness (QED) is 0.448. The van der Waals surface area contributed by atoms with E-state index in [1.165, 1.54) is 5.56 Å². The second-order valence-electron chi connectivity index (χ2n) is 6.54. The predicted octanol–water partition coefficient (Wildman–Crippen LogP) is 5.52. The molecule has 0 saturated carbocycles. The highest BCUT2D eigenvalue weighted by molar-refractivity contribution is 5.61. The van der Waals surface area contributed by atoms with Gasteiger partial charge in [-0.1, -0.05) is 60.7 Å². The highest BCUT2D eigenvalue weighted by Gasteiger charge is 2.11. The molecule has 1 atom stereocenters. The van der Waals surface area contributed by atoms with Crippen molar-refractivity contribution in [3.8, 4) is 11.4 Å². The summed E-state index contributed by atoms with van der Waals surface area (Å²) < 4.78 is 5.40. The van der Waals surface area contributed by atoms with Crippen LogP contribution in [0.15, 0.2) is 89.5 Å². The zero-order valence-corrected chi connectivity index (χ0v) is 15.7. The molecule has 140 valence electrons. The second-order valence-corrected chi connectivity index (χ2v) is 6.54. The van der Waals surface area contributed by atoms with Gasteiger partial charge in [0.1, 0.15) is 17.4 Å². The molecule has 0 aliphatic carbocycles. The molecule has 1 unspecified atom stereocenters. The van der Waals surface area contributed by atoms with E-state index < -0.39 is 0 Å². The van der Waals surface area contributed by atoms with E-state index in [9.17, 15) is 0 Å². The molecule has 5 nitrogen and oxygen atoms in total. The number of hydrogen-bond donors (Lipinski definition) is 2. The maximum atomic E-state index is 5.40. The predicted molar refractivity (Wildman–Crippen MR) is 112 cm³/mol. The Labute approximate surface area is 164 Å². The maximum absolute atomic E-state index is 5.40. The largest absolute Gasteiger partial charge is 0.467 e. The maximum Gasteiger partial charge on any atom is 0.163 e. The van der Waals surface area contributed by atoms with Gasteiger partial charge in [-0.2, -0.15) is 0 Å². The van der Waals surface area contributed by atoms with Gasteiger partial charge in [0.25, 0.3) is 0 Å².